The highest BCUT2D eigenvalue weighted by atomic mass is 35.5. The molecule has 0 saturated carbocycles. The van der Waals surface area contributed by atoms with Gasteiger partial charge in [0, 0.05) is 17.5 Å². The minimum atomic E-state index is -0.321. The number of hydrogen-bond donors (Lipinski definition) is 1. The summed E-state index contributed by atoms with van der Waals surface area (Å²) >= 11 is 5.82. The molecular weight excluding hydrogens is 224 g/mol. The molecule has 0 aromatic heterocycles. The fraction of sp³-hybridized carbons (Fsp3) is 0.538. The number of benzene rings is 1. The topological polar surface area (TPSA) is 29.5 Å². The van der Waals surface area contributed by atoms with Crippen LogP contribution >= 0.6 is 11.6 Å². The highest BCUT2D eigenvalue weighted by molar-refractivity contribution is 6.30. The molecular formula is C13H17ClO2. The van der Waals surface area contributed by atoms with Gasteiger partial charge in [-0.3, -0.25) is 0 Å². The quantitative estimate of drug-likeness (QED) is 0.880. The van der Waals surface area contributed by atoms with E-state index in [4.69, 9.17) is 16.3 Å². The molecule has 1 aromatic carbocycles. The molecule has 1 aliphatic heterocycles. The molecule has 3 atom stereocenters. The number of aliphatic hydroxyl groups excluding tert-OH is 1. The molecule has 3 heteroatoms. The molecule has 0 spiro atoms. The van der Waals surface area contributed by atoms with Gasteiger partial charge in [0.05, 0.1) is 12.2 Å². The highest BCUT2D eigenvalue weighted by Crippen LogP contribution is 2.26. The number of hydrogen-bond acceptors (Lipinski definition) is 2. The minimum absolute atomic E-state index is 0.169. The van der Waals surface area contributed by atoms with Crippen LogP contribution < -0.4 is 0 Å². The molecule has 1 aromatic rings. The van der Waals surface area contributed by atoms with Crippen molar-refractivity contribution >= 4 is 11.6 Å². The predicted octanol–water partition coefficient (Wildman–Crippen LogP) is 2.67. The van der Waals surface area contributed by atoms with E-state index >= 15 is 0 Å². The van der Waals surface area contributed by atoms with Crippen molar-refractivity contribution in [3.8, 4) is 0 Å². The van der Waals surface area contributed by atoms with E-state index in [0.717, 1.165) is 23.6 Å². The maximum atomic E-state index is 10.1. The Bertz CT molecular complexity index is 336. The van der Waals surface area contributed by atoms with Crippen LogP contribution in [0.1, 0.15) is 18.9 Å². The lowest BCUT2D eigenvalue weighted by Crippen LogP contribution is -2.28. The van der Waals surface area contributed by atoms with Crippen molar-refractivity contribution in [1.29, 1.82) is 0 Å². The lowest BCUT2D eigenvalue weighted by molar-refractivity contribution is 0.0441. The Kier molecular flexibility index (Phi) is 3.85. The van der Waals surface area contributed by atoms with Crippen molar-refractivity contribution in [3.05, 3.63) is 34.9 Å². The molecule has 3 unspecified atom stereocenters. The molecule has 0 radical (unpaired) electrons. The molecule has 0 aliphatic carbocycles. The van der Waals surface area contributed by atoms with E-state index in [1.165, 1.54) is 0 Å². The molecule has 0 amide bonds. The van der Waals surface area contributed by atoms with Gasteiger partial charge in [0.1, 0.15) is 0 Å². The summed E-state index contributed by atoms with van der Waals surface area (Å²) in [6.45, 7) is 2.80. The van der Waals surface area contributed by atoms with Crippen molar-refractivity contribution in [2.75, 3.05) is 6.61 Å². The summed E-state index contributed by atoms with van der Waals surface area (Å²) in [5.74, 6) is 0.260. The average Bonchev–Trinajstić information content (AvgIpc) is 2.68. The smallest absolute Gasteiger partial charge is 0.0634 e. The molecule has 1 fully saturated rings. The first kappa shape index (κ1) is 11.9. The molecule has 88 valence electrons. The third-order valence-electron chi connectivity index (χ3n) is 3.29. The van der Waals surface area contributed by atoms with Crippen LogP contribution in [0.2, 0.25) is 5.02 Å². The molecule has 1 N–H and O–H groups in total. The van der Waals surface area contributed by atoms with E-state index in [-0.39, 0.29) is 18.1 Å². The Morgan fingerprint density at radius 2 is 2.12 bits per heavy atom. The van der Waals surface area contributed by atoms with Gasteiger partial charge in [0.2, 0.25) is 0 Å². The fourth-order valence-electron chi connectivity index (χ4n) is 2.27. The van der Waals surface area contributed by atoms with E-state index in [1.807, 2.05) is 31.2 Å². The average molecular weight is 241 g/mol. The molecule has 0 bridgehead atoms. The van der Waals surface area contributed by atoms with Crippen molar-refractivity contribution in [2.24, 2.45) is 5.92 Å². The van der Waals surface area contributed by atoms with Gasteiger partial charge in [-0.2, -0.15) is 0 Å². The van der Waals surface area contributed by atoms with Gasteiger partial charge in [-0.05, 0) is 37.5 Å². The molecule has 2 rings (SSSR count). The summed E-state index contributed by atoms with van der Waals surface area (Å²) in [5, 5.41) is 10.9. The van der Waals surface area contributed by atoms with E-state index < -0.39 is 0 Å². The van der Waals surface area contributed by atoms with Gasteiger partial charge in [-0.15, -0.1) is 0 Å². The zero-order valence-electron chi connectivity index (χ0n) is 9.40. The monoisotopic (exact) mass is 240 g/mol. The number of ether oxygens (including phenoxy) is 1. The van der Waals surface area contributed by atoms with Crippen molar-refractivity contribution in [1.82, 2.24) is 0 Å². The van der Waals surface area contributed by atoms with E-state index in [9.17, 15) is 5.11 Å². The third kappa shape index (κ3) is 2.76. The summed E-state index contributed by atoms with van der Waals surface area (Å²) < 4.78 is 5.46. The van der Waals surface area contributed by atoms with E-state index in [2.05, 4.69) is 0 Å². The van der Waals surface area contributed by atoms with Crippen LogP contribution in [0.25, 0.3) is 0 Å². The van der Waals surface area contributed by atoms with E-state index in [0.29, 0.717) is 6.42 Å². The molecule has 2 nitrogen and oxygen atoms in total. The highest BCUT2D eigenvalue weighted by Gasteiger charge is 2.30. The largest absolute Gasteiger partial charge is 0.392 e. The second-order valence-electron chi connectivity index (χ2n) is 4.43. The SMILES string of the molecule is CC1OCCC1C(O)Cc1ccc(Cl)cc1. The maximum absolute atomic E-state index is 10.1. The van der Waals surface area contributed by atoms with Gasteiger partial charge >= 0.3 is 0 Å². The molecule has 16 heavy (non-hydrogen) atoms. The minimum Gasteiger partial charge on any atom is -0.392 e. The molecule has 1 aliphatic rings. The number of rotatable bonds is 3. The number of halogens is 1. The van der Waals surface area contributed by atoms with Gasteiger partial charge in [-0.25, -0.2) is 0 Å². The Hall–Kier alpha value is -0.570. The summed E-state index contributed by atoms with van der Waals surface area (Å²) in [6, 6.07) is 7.65. The molecule has 1 saturated heterocycles. The lowest BCUT2D eigenvalue weighted by Gasteiger charge is -2.20. The maximum Gasteiger partial charge on any atom is 0.0634 e. The van der Waals surface area contributed by atoms with Crippen molar-refractivity contribution < 1.29 is 9.84 Å². The summed E-state index contributed by atoms with van der Waals surface area (Å²) in [7, 11) is 0. The number of aliphatic hydroxyl groups is 1. The van der Waals surface area contributed by atoms with Crippen LogP contribution in [0.4, 0.5) is 0 Å². The lowest BCUT2D eigenvalue weighted by atomic mass is 9.91. The second-order valence-corrected chi connectivity index (χ2v) is 4.86. The van der Waals surface area contributed by atoms with Crippen molar-refractivity contribution in [3.63, 3.8) is 0 Å². The Morgan fingerprint density at radius 3 is 2.69 bits per heavy atom. The van der Waals surface area contributed by atoms with Crippen LogP contribution in [-0.2, 0) is 11.2 Å². The van der Waals surface area contributed by atoms with Crippen molar-refractivity contribution in [2.45, 2.75) is 32.0 Å². The predicted molar refractivity (Wildman–Crippen MR) is 64.7 cm³/mol. The Morgan fingerprint density at radius 1 is 1.44 bits per heavy atom. The van der Waals surface area contributed by atoms with Gasteiger partial charge in [0.25, 0.3) is 0 Å². The first-order valence-corrected chi connectivity index (χ1v) is 6.08. The van der Waals surface area contributed by atoms with E-state index in [1.54, 1.807) is 0 Å². The second kappa shape index (κ2) is 5.17. The summed E-state index contributed by atoms with van der Waals surface area (Å²) in [6.07, 6.45) is 1.48. The van der Waals surface area contributed by atoms with Crippen LogP contribution in [-0.4, -0.2) is 23.9 Å². The summed E-state index contributed by atoms with van der Waals surface area (Å²) in [4.78, 5) is 0. The first-order chi connectivity index (χ1) is 7.66. The van der Waals surface area contributed by atoms with Gasteiger partial charge in [0.15, 0.2) is 0 Å². The van der Waals surface area contributed by atoms with Gasteiger partial charge < -0.3 is 9.84 Å². The van der Waals surface area contributed by atoms with Crippen LogP contribution in [0.5, 0.6) is 0 Å². The zero-order valence-corrected chi connectivity index (χ0v) is 10.2. The molecule has 1 heterocycles. The fourth-order valence-corrected chi connectivity index (χ4v) is 2.39. The standard InChI is InChI=1S/C13H17ClO2/c1-9-12(6-7-16-9)13(15)8-10-2-4-11(14)5-3-10/h2-5,9,12-13,15H,6-8H2,1H3. The van der Waals surface area contributed by atoms with Crippen LogP contribution in [0.15, 0.2) is 24.3 Å². The van der Waals surface area contributed by atoms with Gasteiger partial charge in [-0.1, -0.05) is 23.7 Å². The zero-order chi connectivity index (χ0) is 11.5. The first-order valence-electron chi connectivity index (χ1n) is 5.71. The third-order valence-corrected chi connectivity index (χ3v) is 3.54. The summed E-state index contributed by atoms with van der Waals surface area (Å²) in [5.41, 5.74) is 1.12. The van der Waals surface area contributed by atoms with Crippen LogP contribution in [0.3, 0.4) is 0 Å². The normalized spacial score (nSPS) is 26.9. The van der Waals surface area contributed by atoms with Crippen LogP contribution in [0, 0.1) is 5.92 Å². The Labute approximate surface area is 101 Å². The Balaban J connectivity index is 1.96.